The zero-order chi connectivity index (χ0) is 17.6. The minimum Gasteiger partial charge on any atom is -0.353 e. The largest absolute Gasteiger partial charge is 0.353 e. The number of hydrogen-bond donors (Lipinski definition) is 1. The second-order valence-corrected chi connectivity index (χ2v) is 7.57. The Morgan fingerprint density at radius 2 is 1.76 bits per heavy atom. The number of nitrogens with one attached hydrogen (secondary N) is 1. The lowest BCUT2D eigenvalue weighted by atomic mass is 10.0. The Morgan fingerprint density at radius 3 is 2.44 bits per heavy atom. The SMILES string of the molecule is Cc1ccccc1CCC(=O)NC1CCN(C(=O)C2CCCC2)CC1. The van der Waals surface area contributed by atoms with E-state index in [1.54, 1.807) is 0 Å². The highest BCUT2D eigenvalue weighted by Crippen LogP contribution is 2.27. The van der Waals surface area contributed by atoms with Crippen LogP contribution in [0.1, 0.15) is 56.1 Å². The number of benzene rings is 1. The van der Waals surface area contributed by atoms with Crippen molar-refractivity contribution in [3.05, 3.63) is 35.4 Å². The lowest BCUT2D eigenvalue weighted by Crippen LogP contribution is -2.47. The van der Waals surface area contributed by atoms with E-state index in [4.69, 9.17) is 0 Å². The Balaban J connectivity index is 1.39. The van der Waals surface area contributed by atoms with E-state index < -0.39 is 0 Å². The number of rotatable bonds is 5. The van der Waals surface area contributed by atoms with E-state index in [-0.39, 0.29) is 17.9 Å². The number of piperidine rings is 1. The summed E-state index contributed by atoms with van der Waals surface area (Å²) < 4.78 is 0. The van der Waals surface area contributed by atoms with Crippen molar-refractivity contribution in [3.63, 3.8) is 0 Å². The summed E-state index contributed by atoms with van der Waals surface area (Å²) in [5.41, 5.74) is 2.49. The van der Waals surface area contributed by atoms with E-state index >= 15 is 0 Å². The van der Waals surface area contributed by atoms with Crippen molar-refractivity contribution in [1.82, 2.24) is 10.2 Å². The van der Waals surface area contributed by atoms with E-state index in [9.17, 15) is 9.59 Å². The molecule has 136 valence electrons. The van der Waals surface area contributed by atoms with Gasteiger partial charge in [0.2, 0.25) is 11.8 Å². The van der Waals surface area contributed by atoms with Crippen molar-refractivity contribution in [2.75, 3.05) is 13.1 Å². The molecular weight excluding hydrogens is 312 g/mol. The maximum Gasteiger partial charge on any atom is 0.225 e. The number of carbonyl (C=O) groups excluding carboxylic acids is 2. The fourth-order valence-corrected chi connectivity index (χ4v) is 4.11. The molecule has 25 heavy (non-hydrogen) atoms. The smallest absolute Gasteiger partial charge is 0.225 e. The van der Waals surface area contributed by atoms with Crippen LogP contribution in [0.5, 0.6) is 0 Å². The van der Waals surface area contributed by atoms with Gasteiger partial charge in [0, 0.05) is 31.5 Å². The minimum absolute atomic E-state index is 0.129. The number of carbonyl (C=O) groups is 2. The molecule has 1 aliphatic carbocycles. The van der Waals surface area contributed by atoms with Gasteiger partial charge in [0.25, 0.3) is 0 Å². The van der Waals surface area contributed by atoms with E-state index in [0.717, 1.165) is 45.2 Å². The lowest BCUT2D eigenvalue weighted by molar-refractivity contribution is -0.136. The normalized spacial score (nSPS) is 19.2. The van der Waals surface area contributed by atoms with Gasteiger partial charge in [-0.1, -0.05) is 37.1 Å². The average Bonchev–Trinajstić information content (AvgIpc) is 3.16. The molecule has 0 radical (unpaired) electrons. The van der Waals surface area contributed by atoms with Crippen molar-refractivity contribution in [1.29, 1.82) is 0 Å². The van der Waals surface area contributed by atoms with Crippen molar-refractivity contribution >= 4 is 11.8 Å². The molecule has 1 saturated heterocycles. The lowest BCUT2D eigenvalue weighted by Gasteiger charge is -2.34. The molecule has 1 N–H and O–H groups in total. The van der Waals surface area contributed by atoms with Crippen LogP contribution in [0.15, 0.2) is 24.3 Å². The maximum atomic E-state index is 12.5. The highest BCUT2D eigenvalue weighted by Gasteiger charge is 2.30. The molecule has 0 bridgehead atoms. The fourth-order valence-electron chi connectivity index (χ4n) is 4.11. The van der Waals surface area contributed by atoms with Crippen LogP contribution in [-0.4, -0.2) is 35.8 Å². The first kappa shape index (κ1) is 18.0. The summed E-state index contributed by atoms with van der Waals surface area (Å²) >= 11 is 0. The Hall–Kier alpha value is -1.84. The summed E-state index contributed by atoms with van der Waals surface area (Å²) in [7, 11) is 0. The van der Waals surface area contributed by atoms with Crippen LogP contribution in [0.4, 0.5) is 0 Å². The number of nitrogens with zero attached hydrogens (tertiary/aromatic N) is 1. The molecule has 1 heterocycles. The molecule has 3 rings (SSSR count). The second-order valence-electron chi connectivity index (χ2n) is 7.57. The van der Waals surface area contributed by atoms with Gasteiger partial charge in [-0.25, -0.2) is 0 Å². The molecule has 4 heteroatoms. The molecule has 2 amide bonds. The molecule has 0 atom stereocenters. The molecule has 0 unspecified atom stereocenters. The van der Waals surface area contributed by atoms with E-state index in [1.165, 1.54) is 24.0 Å². The molecule has 1 aromatic carbocycles. The Kier molecular flexibility index (Phi) is 6.11. The predicted octanol–water partition coefficient (Wildman–Crippen LogP) is 3.23. The zero-order valence-electron chi connectivity index (χ0n) is 15.3. The number of hydrogen-bond acceptors (Lipinski definition) is 2. The fraction of sp³-hybridized carbons (Fsp3) is 0.619. The van der Waals surface area contributed by atoms with E-state index in [1.807, 2.05) is 17.0 Å². The van der Waals surface area contributed by atoms with Gasteiger partial charge >= 0.3 is 0 Å². The molecule has 2 fully saturated rings. The van der Waals surface area contributed by atoms with Crippen LogP contribution >= 0.6 is 0 Å². The van der Waals surface area contributed by atoms with Crippen molar-refractivity contribution in [2.24, 2.45) is 5.92 Å². The van der Waals surface area contributed by atoms with Crippen LogP contribution in [-0.2, 0) is 16.0 Å². The van der Waals surface area contributed by atoms with Gasteiger partial charge in [-0.05, 0) is 50.2 Å². The third-order valence-corrected chi connectivity index (χ3v) is 5.76. The van der Waals surface area contributed by atoms with Gasteiger partial charge in [0.1, 0.15) is 0 Å². The highest BCUT2D eigenvalue weighted by molar-refractivity contribution is 5.79. The summed E-state index contributed by atoms with van der Waals surface area (Å²) in [6, 6.07) is 8.45. The van der Waals surface area contributed by atoms with Crippen LogP contribution in [0.25, 0.3) is 0 Å². The predicted molar refractivity (Wildman–Crippen MR) is 99.2 cm³/mol. The van der Waals surface area contributed by atoms with Crippen LogP contribution in [0.3, 0.4) is 0 Å². The Bertz CT molecular complexity index is 600. The van der Waals surface area contributed by atoms with Gasteiger partial charge in [-0.2, -0.15) is 0 Å². The van der Waals surface area contributed by atoms with Crippen molar-refractivity contribution < 1.29 is 9.59 Å². The number of likely N-dealkylation sites (tertiary alicyclic amines) is 1. The van der Waals surface area contributed by atoms with Gasteiger partial charge in [-0.15, -0.1) is 0 Å². The summed E-state index contributed by atoms with van der Waals surface area (Å²) in [5, 5.41) is 3.16. The number of amides is 2. The molecule has 2 aliphatic rings. The zero-order valence-corrected chi connectivity index (χ0v) is 15.3. The van der Waals surface area contributed by atoms with Crippen LogP contribution in [0.2, 0.25) is 0 Å². The van der Waals surface area contributed by atoms with E-state index in [0.29, 0.717) is 12.3 Å². The molecule has 1 aromatic rings. The van der Waals surface area contributed by atoms with Gasteiger partial charge in [0.15, 0.2) is 0 Å². The molecule has 0 spiro atoms. The minimum atomic E-state index is 0.129. The second kappa shape index (κ2) is 8.50. The monoisotopic (exact) mass is 342 g/mol. The molecule has 4 nitrogen and oxygen atoms in total. The highest BCUT2D eigenvalue weighted by atomic mass is 16.2. The third-order valence-electron chi connectivity index (χ3n) is 5.76. The maximum absolute atomic E-state index is 12.5. The quantitative estimate of drug-likeness (QED) is 0.893. The summed E-state index contributed by atoms with van der Waals surface area (Å²) in [5.74, 6) is 0.742. The summed E-state index contributed by atoms with van der Waals surface area (Å²) in [4.78, 5) is 26.7. The molecular formula is C21H30N2O2. The van der Waals surface area contributed by atoms with Gasteiger partial charge in [-0.3, -0.25) is 9.59 Å². The Labute approximate surface area is 151 Å². The van der Waals surface area contributed by atoms with E-state index in [2.05, 4.69) is 24.4 Å². The van der Waals surface area contributed by atoms with Crippen molar-refractivity contribution in [2.45, 2.75) is 64.3 Å². The first-order valence-corrected chi connectivity index (χ1v) is 9.76. The van der Waals surface area contributed by atoms with Gasteiger partial charge < -0.3 is 10.2 Å². The Morgan fingerprint density at radius 1 is 1.08 bits per heavy atom. The first-order chi connectivity index (χ1) is 12.1. The number of aryl methyl sites for hydroxylation is 2. The molecule has 0 aromatic heterocycles. The summed E-state index contributed by atoms with van der Waals surface area (Å²) in [6.07, 6.45) is 7.61. The van der Waals surface area contributed by atoms with Crippen LogP contribution < -0.4 is 5.32 Å². The van der Waals surface area contributed by atoms with Crippen molar-refractivity contribution in [3.8, 4) is 0 Å². The topological polar surface area (TPSA) is 49.4 Å². The van der Waals surface area contributed by atoms with Crippen LogP contribution in [0, 0.1) is 12.8 Å². The third kappa shape index (κ3) is 4.83. The summed E-state index contributed by atoms with van der Waals surface area (Å²) in [6.45, 7) is 3.67. The molecule has 1 saturated carbocycles. The standard InChI is InChI=1S/C21H30N2O2/c1-16-6-2-3-7-17(16)10-11-20(24)22-19-12-14-23(15-13-19)21(25)18-8-4-5-9-18/h2-3,6-7,18-19H,4-5,8-15H2,1H3,(H,22,24). The first-order valence-electron chi connectivity index (χ1n) is 9.76. The molecule has 1 aliphatic heterocycles. The average molecular weight is 342 g/mol. The van der Waals surface area contributed by atoms with Gasteiger partial charge in [0.05, 0.1) is 0 Å².